The molecular formula is C20H19N5O3S2. The van der Waals surface area contributed by atoms with Crippen LogP contribution < -0.4 is 0 Å². The normalized spacial score (nSPS) is 16.3. The molecule has 8 nitrogen and oxygen atoms in total. The number of hydrogen-bond acceptors (Lipinski definition) is 8. The highest BCUT2D eigenvalue weighted by Gasteiger charge is 2.33. The molecule has 2 aromatic heterocycles. The van der Waals surface area contributed by atoms with Gasteiger partial charge in [0, 0.05) is 24.6 Å². The van der Waals surface area contributed by atoms with E-state index in [1.165, 1.54) is 4.31 Å². The molecule has 4 aromatic rings. The number of piperidine rings is 1. The van der Waals surface area contributed by atoms with Crippen molar-refractivity contribution >= 4 is 32.8 Å². The quantitative estimate of drug-likeness (QED) is 0.477. The highest BCUT2D eigenvalue weighted by atomic mass is 32.2. The Morgan fingerprint density at radius 1 is 1.03 bits per heavy atom. The molecule has 1 fully saturated rings. The van der Waals surface area contributed by atoms with E-state index in [0.717, 1.165) is 22.9 Å². The molecule has 2 aromatic carbocycles. The summed E-state index contributed by atoms with van der Waals surface area (Å²) >= 11 is 1.02. The molecule has 1 saturated heterocycles. The maximum atomic E-state index is 13.2. The van der Waals surface area contributed by atoms with Gasteiger partial charge in [-0.05, 0) is 43.5 Å². The SMILES string of the molecule is Cc1ccccc1-c1nnc(C2CCN(S(=O)(=O)c3cccc4nsnc34)CC2)o1. The molecule has 1 aliphatic rings. The highest BCUT2D eigenvalue weighted by Crippen LogP contribution is 2.33. The van der Waals surface area contributed by atoms with Crippen molar-refractivity contribution in [2.24, 2.45) is 0 Å². The van der Waals surface area contributed by atoms with Crippen LogP contribution >= 0.6 is 11.7 Å². The second-order valence-corrected chi connectivity index (χ2v) is 9.76. The van der Waals surface area contributed by atoms with Gasteiger partial charge in [-0.25, -0.2) is 8.42 Å². The summed E-state index contributed by atoms with van der Waals surface area (Å²) in [6.07, 6.45) is 1.25. The first-order valence-electron chi connectivity index (χ1n) is 9.65. The zero-order valence-corrected chi connectivity index (χ0v) is 17.9. The van der Waals surface area contributed by atoms with Crippen LogP contribution in [0.15, 0.2) is 51.8 Å². The predicted molar refractivity (Wildman–Crippen MR) is 113 cm³/mol. The van der Waals surface area contributed by atoms with Crippen LogP contribution in [0.1, 0.15) is 30.2 Å². The number of sulfonamides is 1. The summed E-state index contributed by atoms with van der Waals surface area (Å²) < 4.78 is 42.1. The minimum Gasteiger partial charge on any atom is -0.420 e. The number of aromatic nitrogens is 4. The third-order valence-electron chi connectivity index (χ3n) is 5.49. The van der Waals surface area contributed by atoms with Gasteiger partial charge >= 0.3 is 0 Å². The van der Waals surface area contributed by atoms with E-state index < -0.39 is 10.0 Å². The Labute approximate surface area is 177 Å². The van der Waals surface area contributed by atoms with Gasteiger partial charge in [0.1, 0.15) is 15.9 Å². The van der Waals surface area contributed by atoms with Crippen LogP contribution in [0.5, 0.6) is 0 Å². The van der Waals surface area contributed by atoms with Crippen molar-refractivity contribution in [2.75, 3.05) is 13.1 Å². The lowest BCUT2D eigenvalue weighted by Crippen LogP contribution is -2.38. The van der Waals surface area contributed by atoms with Crippen molar-refractivity contribution in [3.05, 3.63) is 53.9 Å². The van der Waals surface area contributed by atoms with Gasteiger partial charge in [0.05, 0.1) is 11.7 Å². The van der Waals surface area contributed by atoms with E-state index in [0.29, 0.717) is 48.7 Å². The number of fused-ring (bicyclic) bond motifs is 1. The first-order chi connectivity index (χ1) is 14.5. The summed E-state index contributed by atoms with van der Waals surface area (Å²) in [6, 6.07) is 12.9. The Morgan fingerprint density at radius 3 is 2.63 bits per heavy atom. The van der Waals surface area contributed by atoms with E-state index in [1.807, 2.05) is 31.2 Å². The first kappa shape index (κ1) is 19.3. The van der Waals surface area contributed by atoms with E-state index in [1.54, 1.807) is 18.2 Å². The number of rotatable bonds is 4. The van der Waals surface area contributed by atoms with E-state index in [4.69, 9.17) is 4.42 Å². The summed E-state index contributed by atoms with van der Waals surface area (Å²) in [5.41, 5.74) is 3.02. The topological polar surface area (TPSA) is 102 Å². The monoisotopic (exact) mass is 441 g/mol. The molecule has 154 valence electrons. The zero-order valence-electron chi connectivity index (χ0n) is 16.2. The molecule has 0 N–H and O–H groups in total. The molecule has 0 unspecified atom stereocenters. The highest BCUT2D eigenvalue weighted by molar-refractivity contribution is 7.89. The van der Waals surface area contributed by atoms with E-state index >= 15 is 0 Å². The van der Waals surface area contributed by atoms with Gasteiger partial charge in [-0.3, -0.25) is 0 Å². The molecule has 0 amide bonds. The summed E-state index contributed by atoms with van der Waals surface area (Å²) in [5, 5.41) is 8.44. The standard InChI is InChI=1S/C20H19N5O3S2/c1-13-5-2-3-6-15(13)20-22-21-19(28-20)14-9-11-25(12-10-14)30(26,27)17-8-4-7-16-18(17)24-29-23-16/h2-8,14H,9-12H2,1H3. The van der Waals surface area contributed by atoms with E-state index in [2.05, 4.69) is 18.9 Å². The molecule has 0 atom stereocenters. The zero-order chi connectivity index (χ0) is 20.7. The van der Waals surface area contributed by atoms with Crippen molar-refractivity contribution in [3.63, 3.8) is 0 Å². The number of aryl methyl sites for hydroxylation is 1. The number of hydrogen-bond donors (Lipinski definition) is 0. The van der Waals surface area contributed by atoms with Gasteiger partial charge in [0.15, 0.2) is 0 Å². The largest absolute Gasteiger partial charge is 0.420 e. The molecule has 0 aliphatic carbocycles. The molecular weight excluding hydrogens is 422 g/mol. The van der Waals surface area contributed by atoms with E-state index in [9.17, 15) is 8.42 Å². The minimum atomic E-state index is -3.64. The first-order valence-corrected chi connectivity index (χ1v) is 11.8. The maximum absolute atomic E-state index is 13.2. The molecule has 5 rings (SSSR count). The van der Waals surface area contributed by atoms with Crippen LogP contribution in [0.3, 0.4) is 0 Å². The summed E-state index contributed by atoms with van der Waals surface area (Å²) in [7, 11) is -3.64. The lowest BCUT2D eigenvalue weighted by molar-refractivity contribution is 0.291. The van der Waals surface area contributed by atoms with Gasteiger partial charge < -0.3 is 4.42 Å². The number of nitrogens with zero attached hydrogens (tertiary/aromatic N) is 5. The fourth-order valence-electron chi connectivity index (χ4n) is 3.79. The molecule has 3 heterocycles. The van der Waals surface area contributed by atoms with Crippen molar-refractivity contribution < 1.29 is 12.8 Å². The van der Waals surface area contributed by atoms with Crippen molar-refractivity contribution in [1.29, 1.82) is 0 Å². The van der Waals surface area contributed by atoms with Crippen LogP contribution in [0.4, 0.5) is 0 Å². The van der Waals surface area contributed by atoms with Crippen molar-refractivity contribution in [3.8, 4) is 11.5 Å². The molecule has 1 aliphatic heterocycles. The average Bonchev–Trinajstić information content (AvgIpc) is 3.44. The predicted octanol–water partition coefficient (Wildman–Crippen LogP) is 3.62. The number of benzene rings is 2. The Kier molecular flexibility index (Phi) is 4.84. The molecule has 0 radical (unpaired) electrons. The van der Waals surface area contributed by atoms with Crippen molar-refractivity contribution in [1.82, 2.24) is 23.2 Å². The molecule has 0 spiro atoms. The van der Waals surface area contributed by atoms with Gasteiger partial charge in [-0.15, -0.1) is 10.2 Å². The van der Waals surface area contributed by atoms with E-state index in [-0.39, 0.29) is 10.8 Å². The Morgan fingerprint density at radius 2 is 1.83 bits per heavy atom. The van der Waals surface area contributed by atoms with Crippen LogP contribution in [0, 0.1) is 6.92 Å². The summed E-state index contributed by atoms with van der Waals surface area (Å²) in [6.45, 7) is 2.78. The van der Waals surface area contributed by atoms with Crippen LogP contribution in [-0.2, 0) is 10.0 Å². The third-order valence-corrected chi connectivity index (χ3v) is 7.96. The fourth-order valence-corrected chi connectivity index (χ4v) is 6.02. The average molecular weight is 442 g/mol. The Balaban J connectivity index is 1.33. The van der Waals surface area contributed by atoms with Crippen LogP contribution in [0.2, 0.25) is 0 Å². The lowest BCUT2D eigenvalue weighted by Gasteiger charge is -2.29. The van der Waals surface area contributed by atoms with Crippen molar-refractivity contribution in [2.45, 2.75) is 30.6 Å². The second-order valence-electron chi connectivity index (χ2n) is 7.33. The summed E-state index contributed by atoms with van der Waals surface area (Å²) in [4.78, 5) is 0.215. The van der Waals surface area contributed by atoms with Gasteiger partial charge in [0.25, 0.3) is 0 Å². The molecule has 10 heteroatoms. The van der Waals surface area contributed by atoms with Gasteiger partial charge in [0.2, 0.25) is 21.8 Å². The van der Waals surface area contributed by atoms with Gasteiger partial charge in [-0.1, -0.05) is 24.3 Å². The molecule has 30 heavy (non-hydrogen) atoms. The molecule has 0 bridgehead atoms. The van der Waals surface area contributed by atoms with Crippen LogP contribution in [0.25, 0.3) is 22.5 Å². The van der Waals surface area contributed by atoms with Gasteiger partial charge in [-0.2, -0.15) is 13.1 Å². The molecule has 0 saturated carbocycles. The summed E-state index contributed by atoms with van der Waals surface area (Å²) in [5.74, 6) is 1.11. The Bertz CT molecular complexity index is 1310. The Hall–Kier alpha value is -2.69. The smallest absolute Gasteiger partial charge is 0.248 e. The fraction of sp³-hybridized carbons (Fsp3) is 0.300. The van der Waals surface area contributed by atoms with Crippen LogP contribution in [-0.4, -0.2) is 44.8 Å². The lowest BCUT2D eigenvalue weighted by atomic mass is 9.98. The second kappa shape index (κ2) is 7.53. The minimum absolute atomic E-state index is 0.0402. The third kappa shape index (κ3) is 3.30. The maximum Gasteiger partial charge on any atom is 0.248 e.